The van der Waals surface area contributed by atoms with E-state index in [1.807, 2.05) is 30.3 Å². The lowest BCUT2D eigenvalue weighted by Gasteiger charge is -2.10. The SMILES string of the molecule is O=C(Cn1cnc2ccccc2c1=O)Nc1ccc2c(c1)-c1ccccc1C2. The Morgan fingerprint density at radius 1 is 0.964 bits per heavy atom. The van der Waals surface area contributed by atoms with Gasteiger partial charge in [0.1, 0.15) is 6.54 Å². The summed E-state index contributed by atoms with van der Waals surface area (Å²) in [4.78, 5) is 29.3. The summed E-state index contributed by atoms with van der Waals surface area (Å²) < 4.78 is 1.33. The summed E-state index contributed by atoms with van der Waals surface area (Å²) in [5, 5.41) is 3.41. The van der Waals surface area contributed by atoms with Gasteiger partial charge in [-0.3, -0.25) is 14.2 Å². The molecule has 1 aliphatic rings. The van der Waals surface area contributed by atoms with Crippen LogP contribution in [0.4, 0.5) is 5.69 Å². The van der Waals surface area contributed by atoms with Crippen molar-refractivity contribution in [3.63, 3.8) is 0 Å². The van der Waals surface area contributed by atoms with Gasteiger partial charge >= 0.3 is 0 Å². The predicted octanol–water partition coefficient (Wildman–Crippen LogP) is 3.61. The van der Waals surface area contributed by atoms with E-state index in [1.165, 1.54) is 27.6 Å². The van der Waals surface area contributed by atoms with E-state index in [1.54, 1.807) is 18.2 Å². The molecule has 5 heteroatoms. The third kappa shape index (κ3) is 2.77. The number of para-hydroxylation sites is 1. The summed E-state index contributed by atoms with van der Waals surface area (Å²) in [6.45, 7) is -0.0790. The maximum absolute atomic E-state index is 12.6. The molecule has 0 atom stereocenters. The molecule has 5 nitrogen and oxygen atoms in total. The van der Waals surface area contributed by atoms with Crippen LogP contribution in [0.3, 0.4) is 0 Å². The van der Waals surface area contributed by atoms with Gasteiger partial charge in [-0.15, -0.1) is 0 Å². The largest absolute Gasteiger partial charge is 0.325 e. The average molecular weight is 367 g/mol. The zero-order valence-corrected chi connectivity index (χ0v) is 15.1. The summed E-state index contributed by atoms with van der Waals surface area (Å²) >= 11 is 0. The second-order valence-corrected chi connectivity index (χ2v) is 6.95. The number of nitrogens with one attached hydrogen (secondary N) is 1. The van der Waals surface area contributed by atoms with Crippen LogP contribution in [0.5, 0.6) is 0 Å². The lowest BCUT2D eigenvalue weighted by atomic mass is 10.1. The molecule has 136 valence electrons. The van der Waals surface area contributed by atoms with Crippen LogP contribution < -0.4 is 10.9 Å². The zero-order valence-electron chi connectivity index (χ0n) is 15.1. The molecule has 0 spiro atoms. The molecule has 1 aliphatic carbocycles. The van der Waals surface area contributed by atoms with Crippen LogP contribution in [0.25, 0.3) is 22.0 Å². The Morgan fingerprint density at radius 3 is 2.68 bits per heavy atom. The molecular weight excluding hydrogens is 350 g/mol. The molecule has 0 bridgehead atoms. The highest BCUT2D eigenvalue weighted by Gasteiger charge is 2.18. The minimum absolute atomic E-state index is 0.0790. The van der Waals surface area contributed by atoms with Crippen LogP contribution in [0.15, 0.2) is 77.9 Å². The lowest BCUT2D eigenvalue weighted by Crippen LogP contribution is -2.27. The predicted molar refractivity (Wildman–Crippen MR) is 109 cm³/mol. The van der Waals surface area contributed by atoms with Crippen LogP contribution in [-0.4, -0.2) is 15.5 Å². The van der Waals surface area contributed by atoms with Crippen LogP contribution in [0.2, 0.25) is 0 Å². The third-order valence-electron chi connectivity index (χ3n) is 5.13. The zero-order chi connectivity index (χ0) is 19.1. The summed E-state index contributed by atoms with van der Waals surface area (Å²) in [5.74, 6) is -0.259. The van der Waals surface area contributed by atoms with E-state index in [-0.39, 0.29) is 18.0 Å². The van der Waals surface area contributed by atoms with Crippen molar-refractivity contribution in [2.75, 3.05) is 5.32 Å². The fourth-order valence-corrected chi connectivity index (χ4v) is 3.78. The Bertz CT molecular complexity index is 1290. The molecule has 0 unspecified atom stereocenters. The number of carbonyl (C=O) groups is 1. The number of benzene rings is 3. The molecule has 0 saturated carbocycles. The molecule has 1 amide bonds. The van der Waals surface area contributed by atoms with Crippen molar-refractivity contribution < 1.29 is 4.79 Å². The van der Waals surface area contributed by atoms with Gasteiger partial charge in [-0.2, -0.15) is 0 Å². The van der Waals surface area contributed by atoms with E-state index in [0.29, 0.717) is 10.9 Å². The van der Waals surface area contributed by atoms with Crippen LogP contribution in [-0.2, 0) is 17.8 Å². The Labute approximate surface area is 161 Å². The molecule has 28 heavy (non-hydrogen) atoms. The van der Waals surface area contributed by atoms with Gasteiger partial charge in [0.05, 0.1) is 17.2 Å². The molecule has 0 radical (unpaired) electrons. The van der Waals surface area contributed by atoms with Crippen molar-refractivity contribution in [1.82, 2.24) is 9.55 Å². The number of hydrogen-bond donors (Lipinski definition) is 1. The quantitative estimate of drug-likeness (QED) is 0.530. The molecule has 1 heterocycles. The maximum atomic E-state index is 12.6. The number of hydrogen-bond acceptors (Lipinski definition) is 3. The number of fused-ring (bicyclic) bond motifs is 4. The van der Waals surface area contributed by atoms with Gasteiger partial charge in [-0.05, 0) is 52.9 Å². The number of aromatic nitrogens is 2. The van der Waals surface area contributed by atoms with E-state index >= 15 is 0 Å². The molecule has 5 rings (SSSR count). The summed E-state index contributed by atoms with van der Waals surface area (Å²) in [6, 6.07) is 21.4. The summed E-state index contributed by atoms with van der Waals surface area (Å²) in [7, 11) is 0. The van der Waals surface area contributed by atoms with Gasteiger partial charge in [0.15, 0.2) is 0 Å². The first kappa shape index (κ1) is 16.4. The fraction of sp³-hybridized carbons (Fsp3) is 0.0870. The Balaban J connectivity index is 1.39. The normalized spacial score (nSPS) is 11.9. The standard InChI is InChI=1S/C23H17N3O2/c27-22(13-26-14-24-21-8-4-3-7-19(21)23(26)28)25-17-10-9-16-11-15-5-1-2-6-18(15)20(16)12-17/h1-10,12,14H,11,13H2,(H,25,27). The molecular formula is C23H17N3O2. The molecule has 0 fully saturated rings. The van der Waals surface area contributed by atoms with Gasteiger partial charge in [0, 0.05) is 5.69 Å². The first-order chi connectivity index (χ1) is 13.7. The van der Waals surface area contributed by atoms with E-state index in [4.69, 9.17) is 0 Å². The molecule has 1 aromatic heterocycles. The Morgan fingerprint density at radius 2 is 1.75 bits per heavy atom. The van der Waals surface area contributed by atoms with Crippen molar-refractivity contribution in [2.24, 2.45) is 0 Å². The monoisotopic (exact) mass is 367 g/mol. The minimum atomic E-state index is -0.259. The fourth-order valence-electron chi connectivity index (χ4n) is 3.78. The topological polar surface area (TPSA) is 64.0 Å². The van der Waals surface area contributed by atoms with E-state index < -0.39 is 0 Å². The minimum Gasteiger partial charge on any atom is -0.325 e. The Hall–Kier alpha value is -3.73. The molecule has 1 N–H and O–H groups in total. The lowest BCUT2D eigenvalue weighted by molar-refractivity contribution is -0.116. The number of rotatable bonds is 3. The Kier molecular flexibility index (Phi) is 3.79. The highest BCUT2D eigenvalue weighted by Crippen LogP contribution is 2.37. The van der Waals surface area contributed by atoms with Crippen LogP contribution in [0.1, 0.15) is 11.1 Å². The molecule has 3 aromatic carbocycles. The highest BCUT2D eigenvalue weighted by molar-refractivity contribution is 5.92. The van der Waals surface area contributed by atoms with Crippen molar-refractivity contribution in [1.29, 1.82) is 0 Å². The third-order valence-corrected chi connectivity index (χ3v) is 5.13. The molecule has 0 aliphatic heterocycles. The van der Waals surface area contributed by atoms with E-state index in [0.717, 1.165) is 17.7 Å². The van der Waals surface area contributed by atoms with Gasteiger partial charge in [-0.1, -0.05) is 42.5 Å². The second-order valence-electron chi connectivity index (χ2n) is 6.95. The van der Waals surface area contributed by atoms with Crippen LogP contribution in [0, 0.1) is 0 Å². The number of anilines is 1. The second kappa shape index (κ2) is 6.46. The first-order valence-corrected chi connectivity index (χ1v) is 9.14. The summed E-state index contributed by atoms with van der Waals surface area (Å²) in [6.07, 6.45) is 2.33. The van der Waals surface area contributed by atoms with E-state index in [2.05, 4.69) is 28.5 Å². The number of carbonyl (C=O) groups excluding carboxylic acids is 1. The van der Waals surface area contributed by atoms with Crippen molar-refractivity contribution in [3.05, 3.63) is 94.5 Å². The maximum Gasteiger partial charge on any atom is 0.261 e. The highest BCUT2D eigenvalue weighted by atomic mass is 16.2. The first-order valence-electron chi connectivity index (χ1n) is 9.14. The number of amides is 1. The molecule has 4 aromatic rings. The summed E-state index contributed by atoms with van der Waals surface area (Å²) in [5.41, 5.74) is 6.05. The average Bonchev–Trinajstić information content (AvgIpc) is 3.08. The van der Waals surface area contributed by atoms with Gasteiger partial charge < -0.3 is 5.32 Å². The number of nitrogens with zero attached hydrogens (tertiary/aromatic N) is 2. The van der Waals surface area contributed by atoms with E-state index in [9.17, 15) is 9.59 Å². The van der Waals surface area contributed by atoms with Crippen LogP contribution >= 0.6 is 0 Å². The van der Waals surface area contributed by atoms with Gasteiger partial charge in [0.2, 0.25) is 5.91 Å². The van der Waals surface area contributed by atoms with Gasteiger partial charge in [0.25, 0.3) is 5.56 Å². The molecule has 0 saturated heterocycles. The van der Waals surface area contributed by atoms with Gasteiger partial charge in [-0.25, -0.2) is 4.98 Å². The van der Waals surface area contributed by atoms with Crippen molar-refractivity contribution >= 4 is 22.5 Å². The van der Waals surface area contributed by atoms with Crippen molar-refractivity contribution in [2.45, 2.75) is 13.0 Å². The van der Waals surface area contributed by atoms with Crippen molar-refractivity contribution in [3.8, 4) is 11.1 Å². The smallest absolute Gasteiger partial charge is 0.261 e.